The van der Waals surface area contributed by atoms with E-state index in [1.54, 1.807) is 0 Å². The summed E-state index contributed by atoms with van der Waals surface area (Å²) in [6.07, 6.45) is 3.11. The smallest absolute Gasteiger partial charge is 0.130 e. The van der Waals surface area contributed by atoms with Crippen molar-refractivity contribution in [3.63, 3.8) is 0 Å². The van der Waals surface area contributed by atoms with Crippen LogP contribution in [0.15, 0.2) is 18.2 Å². The van der Waals surface area contributed by atoms with E-state index >= 15 is 0 Å². The number of halogens is 3. The molecule has 1 atom stereocenters. The van der Waals surface area contributed by atoms with Crippen LogP contribution in [0.3, 0.4) is 0 Å². The second-order valence-electron chi connectivity index (χ2n) is 4.46. The Labute approximate surface area is 113 Å². The molecular weight excluding hydrogens is 256 g/mol. The van der Waals surface area contributed by atoms with Crippen LogP contribution >= 0.6 is 11.6 Å². The summed E-state index contributed by atoms with van der Waals surface area (Å²) in [5, 5.41) is 3.11. The summed E-state index contributed by atoms with van der Waals surface area (Å²) in [6, 6.07) is 3.94. The molecule has 0 heterocycles. The average Bonchev–Trinajstić information content (AvgIpc) is 2.33. The van der Waals surface area contributed by atoms with Gasteiger partial charge in [-0.2, -0.15) is 0 Å². The van der Waals surface area contributed by atoms with Crippen LogP contribution in [0.2, 0.25) is 0 Å². The second kappa shape index (κ2) is 8.44. The maximum absolute atomic E-state index is 13.4. The molecule has 1 nitrogen and oxygen atoms in total. The Morgan fingerprint density at radius 3 is 2.44 bits per heavy atom. The predicted molar refractivity (Wildman–Crippen MR) is 71.8 cm³/mol. The molecule has 1 N–H and O–H groups in total. The number of hydrogen-bond acceptors (Lipinski definition) is 1. The molecule has 0 spiro atoms. The lowest BCUT2D eigenvalue weighted by Crippen LogP contribution is -2.24. The molecule has 0 aliphatic carbocycles. The van der Waals surface area contributed by atoms with Gasteiger partial charge in [0.25, 0.3) is 0 Å². The number of hydrogen-bond donors (Lipinski definition) is 1. The predicted octanol–water partition coefficient (Wildman–Crippen LogP) is 4.10. The lowest BCUT2D eigenvalue weighted by Gasteiger charge is -2.16. The van der Waals surface area contributed by atoms with E-state index in [-0.39, 0.29) is 12.1 Å². The van der Waals surface area contributed by atoms with E-state index in [2.05, 4.69) is 12.2 Å². The van der Waals surface area contributed by atoms with Crippen LogP contribution in [0, 0.1) is 17.6 Å². The molecule has 0 amide bonds. The number of rotatable bonds is 8. The molecule has 1 aromatic carbocycles. The third kappa shape index (κ3) is 4.91. The van der Waals surface area contributed by atoms with Crippen LogP contribution in [0.4, 0.5) is 8.78 Å². The molecule has 0 saturated carbocycles. The highest BCUT2D eigenvalue weighted by molar-refractivity contribution is 6.17. The first-order valence-electron chi connectivity index (χ1n) is 6.38. The van der Waals surface area contributed by atoms with Gasteiger partial charge in [0.2, 0.25) is 0 Å². The molecule has 4 heteroatoms. The van der Waals surface area contributed by atoms with Crippen molar-refractivity contribution in [3.05, 3.63) is 35.4 Å². The van der Waals surface area contributed by atoms with Crippen LogP contribution in [0.25, 0.3) is 0 Å². The van der Waals surface area contributed by atoms with E-state index < -0.39 is 11.6 Å². The molecule has 18 heavy (non-hydrogen) atoms. The zero-order valence-electron chi connectivity index (χ0n) is 10.7. The third-order valence-corrected chi connectivity index (χ3v) is 3.23. The van der Waals surface area contributed by atoms with Gasteiger partial charge in [-0.05, 0) is 37.4 Å². The van der Waals surface area contributed by atoms with Gasteiger partial charge >= 0.3 is 0 Å². The quantitative estimate of drug-likeness (QED) is 0.705. The summed E-state index contributed by atoms with van der Waals surface area (Å²) < 4.78 is 26.7. The second-order valence-corrected chi connectivity index (χ2v) is 4.84. The van der Waals surface area contributed by atoms with Crippen LogP contribution in [0.1, 0.15) is 31.7 Å². The van der Waals surface area contributed by atoms with Gasteiger partial charge in [0.1, 0.15) is 11.6 Å². The Morgan fingerprint density at radius 1 is 1.22 bits per heavy atom. The molecule has 0 bridgehead atoms. The van der Waals surface area contributed by atoms with Gasteiger partial charge < -0.3 is 5.32 Å². The minimum Gasteiger partial charge on any atom is -0.312 e. The summed E-state index contributed by atoms with van der Waals surface area (Å²) >= 11 is 5.73. The Morgan fingerprint density at radius 2 is 1.89 bits per heavy atom. The first kappa shape index (κ1) is 15.4. The maximum Gasteiger partial charge on any atom is 0.130 e. The van der Waals surface area contributed by atoms with Crippen LogP contribution < -0.4 is 5.32 Å². The minimum absolute atomic E-state index is 0.110. The first-order chi connectivity index (χ1) is 8.69. The zero-order valence-corrected chi connectivity index (χ0v) is 11.4. The van der Waals surface area contributed by atoms with Crippen molar-refractivity contribution < 1.29 is 8.78 Å². The van der Waals surface area contributed by atoms with Crippen molar-refractivity contribution in [1.29, 1.82) is 0 Å². The minimum atomic E-state index is -0.494. The van der Waals surface area contributed by atoms with Crippen molar-refractivity contribution in [2.45, 2.75) is 32.7 Å². The molecule has 0 aromatic heterocycles. The summed E-state index contributed by atoms with van der Waals surface area (Å²) in [5.74, 6) is 0.113. The Balaban J connectivity index is 2.44. The summed E-state index contributed by atoms with van der Waals surface area (Å²) in [5.41, 5.74) is 0.110. The van der Waals surface area contributed by atoms with Crippen molar-refractivity contribution >= 4 is 11.6 Å². The number of benzene rings is 1. The highest BCUT2D eigenvalue weighted by Crippen LogP contribution is 2.14. The molecule has 0 saturated heterocycles. The van der Waals surface area contributed by atoms with Crippen molar-refractivity contribution in [1.82, 2.24) is 5.32 Å². The molecule has 1 unspecified atom stereocenters. The highest BCUT2D eigenvalue weighted by Gasteiger charge is 2.10. The normalized spacial score (nSPS) is 12.7. The summed E-state index contributed by atoms with van der Waals surface area (Å²) in [7, 11) is 0. The van der Waals surface area contributed by atoms with E-state index in [1.165, 1.54) is 18.2 Å². The molecule has 0 radical (unpaired) electrons. The third-order valence-electron chi connectivity index (χ3n) is 3.01. The topological polar surface area (TPSA) is 12.0 Å². The maximum atomic E-state index is 13.4. The van der Waals surface area contributed by atoms with Crippen LogP contribution in [-0.4, -0.2) is 12.4 Å². The monoisotopic (exact) mass is 275 g/mol. The van der Waals surface area contributed by atoms with Gasteiger partial charge in [0.05, 0.1) is 0 Å². The molecular formula is C14H20ClF2N. The fourth-order valence-electron chi connectivity index (χ4n) is 2.01. The SMILES string of the molecule is CCCC(CCCl)CNCc1c(F)cccc1F. The Bertz CT molecular complexity index is 331. The fraction of sp³-hybridized carbons (Fsp3) is 0.571. The van der Waals surface area contributed by atoms with Crippen LogP contribution in [-0.2, 0) is 6.54 Å². The molecule has 1 aromatic rings. The van der Waals surface area contributed by atoms with E-state index in [0.29, 0.717) is 11.8 Å². The number of alkyl halides is 1. The largest absolute Gasteiger partial charge is 0.312 e. The lowest BCUT2D eigenvalue weighted by atomic mass is 10.0. The van der Waals surface area contributed by atoms with Gasteiger partial charge in [0.15, 0.2) is 0 Å². The molecule has 0 aliphatic heterocycles. The van der Waals surface area contributed by atoms with E-state index in [4.69, 9.17) is 11.6 Å². The van der Waals surface area contributed by atoms with Gasteiger partial charge in [-0.15, -0.1) is 11.6 Å². The van der Waals surface area contributed by atoms with Gasteiger partial charge in [-0.25, -0.2) is 8.78 Å². The summed E-state index contributed by atoms with van der Waals surface area (Å²) in [6.45, 7) is 3.09. The molecule has 0 fully saturated rings. The van der Waals surface area contributed by atoms with Gasteiger partial charge in [-0.1, -0.05) is 19.4 Å². The van der Waals surface area contributed by atoms with E-state index in [1.807, 2.05) is 0 Å². The standard InChI is InChI=1S/C14H20ClF2N/c1-2-4-11(7-8-15)9-18-10-12-13(16)5-3-6-14(12)17/h3,5-6,11,18H,2,4,7-10H2,1H3. The van der Waals surface area contributed by atoms with Crippen molar-refractivity contribution in [3.8, 4) is 0 Å². The zero-order chi connectivity index (χ0) is 13.4. The van der Waals surface area contributed by atoms with Crippen molar-refractivity contribution in [2.24, 2.45) is 5.92 Å². The lowest BCUT2D eigenvalue weighted by molar-refractivity contribution is 0.424. The van der Waals surface area contributed by atoms with Gasteiger partial charge in [-0.3, -0.25) is 0 Å². The van der Waals surface area contributed by atoms with E-state index in [9.17, 15) is 8.78 Å². The van der Waals surface area contributed by atoms with Crippen LogP contribution in [0.5, 0.6) is 0 Å². The molecule has 102 valence electrons. The fourth-order valence-corrected chi connectivity index (χ4v) is 2.32. The Hall–Kier alpha value is -0.670. The summed E-state index contributed by atoms with van der Waals surface area (Å²) in [4.78, 5) is 0. The first-order valence-corrected chi connectivity index (χ1v) is 6.92. The highest BCUT2D eigenvalue weighted by atomic mass is 35.5. The molecule has 0 aliphatic rings. The van der Waals surface area contributed by atoms with Crippen molar-refractivity contribution in [2.75, 3.05) is 12.4 Å². The van der Waals surface area contributed by atoms with E-state index in [0.717, 1.165) is 25.8 Å². The number of nitrogens with one attached hydrogen (secondary N) is 1. The molecule has 1 rings (SSSR count). The average molecular weight is 276 g/mol. The Kier molecular flexibility index (Phi) is 7.21. The van der Waals surface area contributed by atoms with Gasteiger partial charge in [0, 0.05) is 18.0 Å².